The molecule has 0 saturated carbocycles. The van der Waals surface area contributed by atoms with Crippen LogP contribution in [0, 0.1) is 5.92 Å². The van der Waals surface area contributed by atoms with Gasteiger partial charge >= 0.3 is 6.09 Å². The van der Waals surface area contributed by atoms with E-state index in [-0.39, 0.29) is 12.5 Å². The Hall–Kier alpha value is -3.35. The molecule has 0 spiro atoms. The molecule has 4 N–H and O–H groups in total. The number of benzene rings is 2. The minimum absolute atomic E-state index is 0.101. The molecule has 2 atom stereocenters. The van der Waals surface area contributed by atoms with Gasteiger partial charge < -0.3 is 21.1 Å². The molecule has 2 aromatic rings. The Balaban J connectivity index is 1.94. The fourth-order valence-corrected chi connectivity index (χ4v) is 3.12. The van der Waals surface area contributed by atoms with Crippen LogP contribution in [0.4, 0.5) is 4.79 Å². The maximum Gasteiger partial charge on any atom is 0.408 e. The van der Waals surface area contributed by atoms with E-state index >= 15 is 0 Å². The Labute approximate surface area is 183 Å². The standard InChI is InChI=1S/C24H31N3O4/c1-17(2)15-21(27-24(30)31-16-19-11-7-4-8-12-19)23(29)26-20(22(25)28)14-13-18-9-5-3-6-10-18/h3-12,17,20-21H,13-16H2,1-2H3,(H2,25,28)(H,26,29)(H,27,30)/t20-,21-/m0/s1. The third-order valence-corrected chi connectivity index (χ3v) is 4.75. The summed E-state index contributed by atoms with van der Waals surface area (Å²) in [6.07, 6.45) is 0.675. The molecule has 31 heavy (non-hydrogen) atoms. The van der Waals surface area contributed by atoms with E-state index in [9.17, 15) is 14.4 Å². The Bertz CT molecular complexity index is 840. The number of nitrogens with two attached hydrogens (primary N) is 1. The number of rotatable bonds is 11. The summed E-state index contributed by atoms with van der Waals surface area (Å²) in [5.41, 5.74) is 7.39. The van der Waals surface area contributed by atoms with Gasteiger partial charge in [0.25, 0.3) is 0 Å². The number of hydrogen-bond acceptors (Lipinski definition) is 4. The number of nitrogens with one attached hydrogen (secondary N) is 2. The minimum Gasteiger partial charge on any atom is -0.445 e. The minimum atomic E-state index is -0.832. The molecule has 166 valence electrons. The van der Waals surface area contributed by atoms with Gasteiger partial charge in [-0.25, -0.2) is 4.79 Å². The molecule has 7 nitrogen and oxygen atoms in total. The first-order valence-electron chi connectivity index (χ1n) is 10.5. The van der Waals surface area contributed by atoms with E-state index in [1.807, 2.05) is 74.5 Å². The molecular formula is C24H31N3O4. The molecule has 7 heteroatoms. The van der Waals surface area contributed by atoms with Crippen LogP contribution in [0.25, 0.3) is 0 Å². The highest BCUT2D eigenvalue weighted by molar-refractivity contribution is 5.90. The van der Waals surface area contributed by atoms with Crippen molar-refractivity contribution in [2.75, 3.05) is 0 Å². The molecule has 0 aliphatic rings. The molecule has 0 aliphatic heterocycles. The molecule has 3 amide bonds. The molecule has 0 bridgehead atoms. The Morgan fingerprint density at radius 3 is 2.00 bits per heavy atom. The van der Waals surface area contributed by atoms with Crippen LogP contribution in [-0.4, -0.2) is 30.0 Å². The average Bonchev–Trinajstić information content (AvgIpc) is 2.75. The Kier molecular flexibility index (Phi) is 9.55. The van der Waals surface area contributed by atoms with Crippen LogP contribution in [0.1, 0.15) is 37.8 Å². The second kappa shape index (κ2) is 12.4. The van der Waals surface area contributed by atoms with Crippen molar-refractivity contribution in [1.82, 2.24) is 10.6 Å². The fourth-order valence-electron chi connectivity index (χ4n) is 3.12. The predicted molar refractivity (Wildman–Crippen MR) is 119 cm³/mol. The quantitative estimate of drug-likeness (QED) is 0.514. The lowest BCUT2D eigenvalue weighted by Gasteiger charge is -2.23. The van der Waals surface area contributed by atoms with Crippen molar-refractivity contribution < 1.29 is 19.1 Å². The van der Waals surface area contributed by atoms with E-state index in [0.29, 0.717) is 19.3 Å². The van der Waals surface area contributed by atoms with Gasteiger partial charge in [0, 0.05) is 0 Å². The maximum atomic E-state index is 12.8. The van der Waals surface area contributed by atoms with Crippen molar-refractivity contribution in [3.63, 3.8) is 0 Å². The van der Waals surface area contributed by atoms with E-state index in [4.69, 9.17) is 10.5 Å². The molecule has 2 rings (SSSR count). The van der Waals surface area contributed by atoms with Gasteiger partial charge in [0.2, 0.25) is 11.8 Å². The lowest BCUT2D eigenvalue weighted by molar-refractivity contribution is -0.128. The van der Waals surface area contributed by atoms with Crippen LogP contribution in [0.5, 0.6) is 0 Å². The van der Waals surface area contributed by atoms with Crippen LogP contribution in [0.15, 0.2) is 60.7 Å². The Morgan fingerprint density at radius 2 is 1.45 bits per heavy atom. The van der Waals surface area contributed by atoms with E-state index in [0.717, 1.165) is 11.1 Å². The number of ether oxygens (including phenoxy) is 1. The molecule has 0 saturated heterocycles. The number of hydrogen-bond donors (Lipinski definition) is 3. The van der Waals surface area contributed by atoms with E-state index in [1.165, 1.54) is 0 Å². The summed E-state index contributed by atoms with van der Waals surface area (Å²) in [5, 5.41) is 5.30. The van der Waals surface area contributed by atoms with E-state index in [1.54, 1.807) is 0 Å². The second-order valence-electron chi connectivity index (χ2n) is 7.88. The summed E-state index contributed by atoms with van der Waals surface area (Å²) < 4.78 is 5.23. The van der Waals surface area contributed by atoms with Crippen LogP contribution in [0.3, 0.4) is 0 Å². The summed E-state index contributed by atoms with van der Waals surface area (Å²) in [5.74, 6) is -0.928. The average molecular weight is 426 g/mol. The molecule has 0 aromatic heterocycles. The lowest BCUT2D eigenvalue weighted by Crippen LogP contribution is -2.53. The van der Waals surface area contributed by atoms with Gasteiger partial charge in [-0.1, -0.05) is 74.5 Å². The molecule has 0 aliphatic carbocycles. The van der Waals surface area contributed by atoms with Gasteiger partial charge in [0.15, 0.2) is 0 Å². The first kappa shape index (κ1) is 23.9. The third-order valence-electron chi connectivity index (χ3n) is 4.75. The topological polar surface area (TPSA) is 111 Å². The first-order chi connectivity index (χ1) is 14.8. The van der Waals surface area contributed by atoms with Gasteiger partial charge in [-0.3, -0.25) is 9.59 Å². The summed E-state index contributed by atoms with van der Waals surface area (Å²) in [6, 6.07) is 17.2. The first-order valence-corrected chi connectivity index (χ1v) is 10.5. The molecule has 2 aromatic carbocycles. The molecular weight excluding hydrogens is 394 g/mol. The van der Waals surface area contributed by atoms with Gasteiger partial charge in [-0.15, -0.1) is 0 Å². The normalized spacial score (nSPS) is 12.6. The summed E-state index contributed by atoms with van der Waals surface area (Å²) in [4.78, 5) is 36.9. The maximum absolute atomic E-state index is 12.8. The fraction of sp³-hybridized carbons (Fsp3) is 0.375. The monoisotopic (exact) mass is 425 g/mol. The highest BCUT2D eigenvalue weighted by Gasteiger charge is 2.26. The van der Waals surface area contributed by atoms with Gasteiger partial charge in [-0.2, -0.15) is 0 Å². The van der Waals surface area contributed by atoms with Gasteiger partial charge in [0.05, 0.1) is 0 Å². The lowest BCUT2D eigenvalue weighted by atomic mass is 10.0. The number of primary amides is 1. The van der Waals surface area contributed by atoms with Crippen LogP contribution < -0.4 is 16.4 Å². The molecule has 0 radical (unpaired) electrons. The van der Waals surface area contributed by atoms with Crippen molar-refractivity contribution >= 4 is 17.9 Å². The predicted octanol–water partition coefficient (Wildman–Crippen LogP) is 2.93. The smallest absolute Gasteiger partial charge is 0.408 e. The molecule has 0 unspecified atom stereocenters. The summed E-state index contributed by atoms with van der Waals surface area (Å²) in [6.45, 7) is 3.99. The third kappa shape index (κ3) is 8.90. The van der Waals surface area contributed by atoms with E-state index < -0.39 is 30.0 Å². The zero-order chi connectivity index (χ0) is 22.6. The number of alkyl carbamates (subject to hydrolysis) is 1. The summed E-state index contributed by atoms with van der Waals surface area (Å²) >= 11 is 0. The van der Waals surface area contributed by atoms with Crippen molar-refractivity contribution in [3.05, 3.63) is 71.8 Å². The SMILES string of the molecule is CC(C)C[C@H](NC(=O)OCc1ccccc1)C(=O)N[C@@H](CCc1ccccc1)C(N)=O. The zero-order valence-electron chi connectivity index (χ0n) is 18.0. The molecule has 0 fully saturated rings. The Morgan fingerprint density at radius 1 is 0.871 bits per heavy atom. The van der Waals surface area contributed by atoms with Gasteiger partial charge in [-0.05, 0) is 36.3 Å². The van der Waals surface area contributed by atoms with Crippen LogP contribution in [0.2, 0.25) is 0 Å². The number of amides is 3. The number of carbonyl (C=O) groups excluding carboxylic acids is 3. The van der Waals surface area contributed by atoms with Crippen LogP contribution >= 0.6 is 0 Å². The zero-order valence-corrected chi connectivity index (χ0v) is 18.0. The van der Waals surface area contributed by atoms with Crippen molar-refractivity contribution in [2.45, 2.75) is 51.8 Å². The van der Waals surface area contributed by atoms with Crippen LogP contribution in [-0.2, 0) is 27.4 Å². The molecule has 0 heterocycles. The largest absolute Gasteiger partial charge is 0.445 e. The van der Waals surface area contributed by atoms with Crippen molar-refractivity contribution in [3.8, 4) is 0 Å². The highest BCUT2D eigenvalue weighted by atomic mass is 16.5. The van der Waals surface area contributed by atoms with Crippen molar-refractivity contribution in [1.29, 1.82) is 0 Å². The number of carbonyl (C=O) groups is 3. The summed E-state index contributed by atoms with van der Waals surface area (Å²) in [7, 11) is 0. The van der Waals surface area contributed by atoms with Gasteiger partial charge in [0.1, 0.15) is 18.7 Å². The van der Waals surface area contributed by atoms with E-state index in [2.05, 4.69) is 10.6 Å². The second-order valence-corrected chi connectivity index (χ2v) is 7.88. The van der Waals surface area contributed by atoms with Crippen molar-refractivity contribution in [2.24, 2.45) is 11.7 Å². The number of aryl methyl sites for hydroxylation is 1. The highest BCUT2D eigenvalue weighted by Crippen LogP contribution is 2.09.